The summed E-state index contributed by atoms with van der Waals surface area (Å²) >= 11 is 3.31. The molecule has 0 saturated carbocycles. The highest BCUT2D eigenvalue weighted by Gasteiger charge is 2.30. The van der Waals surface area contributed by atoms with Gasteiger partial charge in [0.15, 0.2) is 0 Å². The second kappa shape index (κ2) is 10.6. The van der Waals surface area contributed by atoms with Crippen molar-refractivity contribution < 1.29 is 17.9 Å². The molecule has 0 fully saturated rings. The van der Waals surface area contributed by atoms with Crippen LogP contribution >= 0.6 is 15.9 Å². The smallest absolute Gasteiger partial charge is 0.268 e. The molecule has 3 aromatic carbocycles. The molecule has 0 aliphatic heterocycles. The number of benzene rings is 3. The minimum absolute atomic E-state index is 0.0598. The topological polar surface area (TPSA) is 88.1 Å². The molecule has 0 aromatic heterocycles. The Labute approximate surface area is 202 Å². The van der Waals surface area contributed by atoms with E-state index in [1.807, 2.05) is 31.2 Å². The van der Waals surface area contributed by atoms with E-state index in [0.717, 1.165) is 15.4 Å². The van der Waals surface area contributed by atoms with E-state index in [1.54, 1.807) is 49.4 Å². The maximum Gasteiger partial charge on any atom is 0.268 e. The van der Waals surface area contributed by atoms with Crippen LogP contribution in [0.15, 0.2) is 87.3 Å². The predicted octanol–water partition coefficient (Wildman–Crippen LogP) is 4.50. The second-order valence-corrected chi connectivity index (χ2v) is 9.99. The summed E-state index contributed by atoms with van der Waals surface area (Å²) in [6.45, 7) is 3.28. The fraction of sp³-hybridized carbons (Fsp3) is 0.167. The zero-order valence-corrected chi connectivity index (χ0v) is 20.9. The van der Waals surface area contributed by atoms with Crippen molar-refractivity contribution in [2.24, 2.45) is 5.10 Å². The van der Waals surface area contributed by atoms with Crippen molar-refractivity contribution in [2.45, 2.75) is 18.7 Å². The molecule has 1 amide bonds. The summed E-state index contributed by atoms with van der Waals surface area (Å²) in [6.07, 6.45) is 0. The molecule has 1 N–H and O–H groups in total. The third-order valence-electron chi connectivity index (χ3n) is 4.84. The fourth-order valence-corrected chi connectivity index (χ4v) is 5.17. The quantitative estimate of drug-likeness (QED) is 0.343. The third kappa shape index (κ3) is 6.00. The molecule has 0 radical (unpaired) electrons. The Hall–Kier alpha value is -3.17. The van der Waals surface area contributed by atoms with E-state index in [-0.39, 0.29) is 10.6 Å². The van der Waals surface area contributed by atoms with Crippen LogP contribution in [-0.2, 0) is 14.8 Å². The Morgan fingerprint density at radius 2 is 1.73 bits per heavy atom. The predicted molar refractivity (Wildman–Crippen MR) is 133 cm³/mol. The van der Waals surface area contributed by atoms with Crippen LogP contribution in [0.2, 0.25) is 0 Å². The van der Waals surface area contributed by atoms with Crippen molar-refractivity contribution in [3.8, 4) is 5.75 Å². The van der Waals surface area contributed by atoms with Gasteiger partial charge in [0, 0.05) is 4.47 Å². The highest BCUT2D eigenvalue weighted by Crippen LogP contribution is 2.32. The number of carbonyl (C=O) groups is 1. The lowest BCUT2D eigenvalue weighted by Gasteiger charge is -2.24. The molecule has 172 valence electrons. The van der Waals surface area contributed by atoms with Crippen LogP contribution in [0.5, 0.6) is 5.75 Å². The molecule has 0 atom stereocenters. The van der Waals surface area contributed by atoms with Gasteiger partial charge >= 0.3 is 0 Å². The number of nitrogens with zero attached hydrogens (tertiary/aromatic N) is 2. The minimum atomic E-state index is -4.14. The number of halogens is 1. The number of hydrogen-bond donors (Lipinski definition) is 1. The first-order valence-electron chi connectivity index (χ1n) is 10.0. The summed E-state index contributed by atoms with van der Waals surface area (Å²) in [5.74, 6) is -0.407. The van der Waals surface area contributed by atoms with Crippen molar-refractivity contribution in [3.05, 3.63) is 88.4 Å². The lowest BCUT2D eigenvalue weighted by atomic mass is 10.1. The number of methoxy groups -OCH3 is 1. The number of anilines is 1. The summed E-state index contributed by atoms with van der Waals surface area (Å²) in [7, 11) is -2.75. The molecule has 0 saturated heterocycles. The maximum absolute atomic E-state index is 13.6. The molecule has 3 aromatic rings. The summed E-state index contributed by atoms with van der Waals surface area (Å²) in [5.41, 5.74) is 5.37. The molecule has 33 heavy (non-hydrogen) atoms. The van der Waals surface area contributed by atoms with E-state index >= 15 is 0 Å². The first-order valence-corrected chi connectivity index (χ1v) is 12.3. The average molecular weight is 530 g/mol. The molecule has 9 heteroatoms. The average Bonchev–Trinajstić information content (AvgIpc) is 2.81. The van der Waals surface area contributed by atoms with Gasteiger partial charge < -0.3 is 4.74 Å². The van der Waals surface area contributed by atoms with Gasteiger partial charge in [0.05, 0.1) is 18.5 Å². The SMILES string of the molecule is COc1ccc(Br)cc1S(=O)(=O)N(CC(=O)N/N=C(/C)c1ccc(C)cc1)c1ccccc1. The highest BCUT2D eigenvalue weighted by molar-refractivity contribution is 9.10. The number of rotatable bonds is 8. The van der Waals surface area contributed by atoms with Gasteiger partial charge in [-0.3, -0.25) is 9.10 Å². The fourth-order valence-electron chi connectivity index (χ4n) is 3.05. The zero-order valence-electron chi connectivity index (χ0n) is 18.4. The monoisotopic (exact) mass is 529 g/mol. The van der Waals surface area contributed by atoms with Crippen LogP contribution in [0.3, 0.4) is 0 Å². The maximum atomic E-state index is 13.6. The van der Waals surface area contributed by atoms with Crippen LogP contribution in [0.1, 0.15) is 18.1 Å². The van der Waals surface area contributed by atoms with Gasteiger partial charge in [0.1, 0.15) is 17.2 Å². The molecule has 0 spiro atoms. The lowest BCUT2D eigenvalue weighted by molar-refractivity contribution is -0.119. The lowest BCUT2D eigenvalue weighted by Crippen LogP contribution is -2.40. The van der Waals surface area contributed by atoms with E-state index in [9.17, 15) is 13.2 Å². The number of sulfonamides is 1. The molecule has 0 aliphatic rings. The molecular formula is C24H24BrN3O4S. The van der Waals surface area contributed by atoms with E-state index < -0.39 is 22.5 Å². The van der Waals surface area contributed by atoms with Crippen molar-refractivity contribution in [1.82, 2.24) is 5.43 Å². The van der Waals surface area contributed by atoms with E-state index in [4.69, 9.17) is 4.74 Å². The molecule has 0 bridgehead atoms. The van der Waals surface area contributed by atoms with Gasteiger partial charge in [-0.2, -0.15) is 5.10 Å². The largest absolute Gasteiger partial charge is 0.495 e. The van der Waals surface area contributed by atoms with Gasteiger partial charge in [0.25, 0.3) is 15.9 Å². The number of amides is 1. The minimum Gasteiger partial charge on any atom is -0.495 e. The Balaban J connectivity index is 1.91. The molecule has 3 rings (SSSR count). The van der Waals surface area contributed by atoms with Crippen LogP contribution in [0, 0.1) is 6.92 Å². The Morgan fingerprint density at radius 1 is 1.06 bits per heavy atom. The van der Waals surface area contributed by atoms with Gasteiger partial charge in [-0.05, 0) is 49.7 Å². The molecule has 0 aliphatic carbocycles. The van der Waals surface area contributed by atoms with Crippen molar-refractivity contribution in [3.63, 3.8) is 0 Å². The van der Waals surface area contributed by atoms with Gasteiger partial charge in [-0.25, -0.2) is 13.8 Å². The number of carbonyl (C=O) groups excluding carboxylic acids is 1. The summed E-state index contributed by atoms with van der Waals surface area (Å²) in [6, 6.07) is 20.8. The van der Waals surface area contributed by atoms with Gasteiger partial charge in [-0.1, -0.05) is 64.0 Å². The molecule has 0 heterocycles. The highest BCUT2D eigenvalue weighted by atomic mass is 79.9. The Morgan fingerprint density at radius 3 is 2.36 bits per heavy atom. The first kappa shape index (κ1) is 24.5. The van der Waals surface area contributed by atoms with Crippen LogP contribution in [0.4, 0.5) is 5.69 Å². The zero-order chi connectivity index (χ0) is 24.0. The number of para-hydroxylation sites is 1. The second-order valence-electron chi connectivity index (χ2n) is 7.24. The number of nitrogens with one attached hydrogen (secondary N) is 1. The molecule has 0 unspecified atom stereocenters. The summed E-state index contributed by atoms with van der Waals surface area (Å²) in [4.78, 5) is 12.7. The number of hydrogen-bond acceptors (Lipinski definition) is 5. The van der Waals surface area contributed by atoms with Crippen LogP contribution in [0.25, 0.3) is 0 Å². The Kier molecular flexibility index (Phi) is 7.88. The van der Waals surface area contributed by atoms with Gasteiger partial charge in [-0.15, -0.1) is 0 Å². The molecular weight excluding hydrogens is 506 g/mol. The van der Waals surface area contributed by atoms with E-state index in [0.29, 0.717) is 15.9 Å². The number of aryl methyl sites for hydroxylation is 1. The molecule has 7 nitrogen and oxygen atoms in total. The van der Waals surface area contributed by atoms with Crippen molar-refractivity contribution in [2.75, 3.05) is 18.0 Å². The van der Waals surface area contributed by atoms with E-state index in [2.05, 4.69) is 26.5 Å². The van der Waals surface area contributed by atoms with Crippen LogP contribution < -0.4 is 14.5 Å². The number of ether oxygens (including phenoxy) is 1. The summed E-state index contributed by atoms with van der Waals surface area (Å²) < 4.78 is 34.1. The first-order chi connectivity index (χ1) is 15.7. The number of hydrazone groups is 1. The van der Waals surface area contributed by atoms with Crippen molar-refractivity contribution in [1.29, 1.82) is 0 Å². The van der Waals surface area contributed by atoms with Crippen LogP contribution in [-0.4, -0.2) is 33.7 Å². The summed E-state index contributed by atoms with van der Waals surface area (Å²) in [5, 5.41) is 4.14. The normalized spacial score (nSPS) is 11.7. The van der Waals surface area contributed by atoms with Crippen molar-refractivity contribution >= 4 is 43.3 Å². The van der Waals surface area contributed by atoms with E-state index in [1.165, 1.54) is 13.2 Å². The third-order valence-corrected chi connectivity index (χ3v) is 7.13. The van der Waals surface area contributed by atoms with Gasteiger partial charge in [0.2, 0.25) is 0 Å². The standard InChI is InChI=1S/C24H24BrN3O4S/c1-17-9-11-19(12-10-17)18(2)26-27-24(29)16-28(21-7-5-4-6-8-21)33(30,31)23-15-20(25)13-14-22(23)32-3/h4-15H,16H2,1-3H3,(H,27,29)/b26-18-. The Bertz CT molecular complexity index is 1260.